The first-order valence-corrected chi connectivity index (χ1v) is 7.38. The van der Waals surface area contributed by atoms with Crippen LogP contribution in [-0.2, 0) is 16.1 Å². The highest BCUT2D eigenvalue weighted by Crippen LogP contribution is 2.22. The molecule has 0 fully saturated rings. The van der Waals surface area contributed by atoms with Gasteiger partial charge in [-0.15, -0.1) is 11.3 Å². The van der Waals surface area contributed by atoms with E-state index in [0.29, 0.717) is 17.2 Å². The van der Waals surface area contributed by atoms with Gasteiger partial charge in [-0.05, 0) is 30.6 Å². The molecule has 0 radical (unpaired) electrons. The standard InChI is InChI=1S/C12H16N4O2S2/c1-8(7-18-2)13-10(17)6-16-11(14-15-12(16)19)9-4-3-5-20-9/h3-5,8H,6-7H2,1-2H3,(H,13,17)(H,15,19). The minimum Gasteiger partial charge on any atom is -0.383 e. The highest BCUT2D eigenvalue weighted by Gasteiger charge is 2.14. The minimum absolute atomic E-state index is 0.0428. The average molecular weight is 312 g/mol. The Bertz CT molecular complexity index is 618. The van der Waals surface area contributed by atoms with Crippen LogP contribution in [0, 0.1) is 4.77 Å². The molecule has 2 aromatic heterocycles. The summed E-state index contributed by atoms with van der Waals surface area (Å²) in [6, 6.07) is 3.83. The van der Waals surface area contributed by atoms with E-state index in [-0.39, 0.29) is 18.5 Å². The van der Waals surface area contributed by atoms with Gasteiger partial charge >= 0.3 is 0 Å². The number of hydrogen-bond acceptors (Lipinski definition) is 5. The van der Waals surface area contributed by atoms with E-state index in [0.717, 1.165) is 4.88 Å². The molecule has 0 saturated heterocycles. The number of H-pyrrole nitrogens is 1. The highest BCUT2D eigenvalue weighted by atomic mass is 32.1. The monoisotopic (exact) mass is 312 g/mol. The van der Waals surface area contributed by atoms with Crippen molar-refractivity contribution < 1.29 is 9.53 Å². The number of rotatable bonds is 6. The smallest absolute Gasteiger partial charge is 0.240 e. The van der Waals surface area contributed by atoms with Crippen molar-refractivity contribution in [3.8, 4) is 10.7 Å². The zero-order chi connectivity index (χ0) is 14.5. The van der Waals surface area contributed by atoms with Crippen LogP contribution >= 0.6 is 23.6 Å². The topological polar surface area (TPSA) is 71.9 Å². The Morgan fingerprint density at radius 3 is 3.15 bits per heavy atom. The summed E-state index contributed by atoms with van der Waals surface area (Å²) in [6.45, 7) is 2.49. The molecule has 0 aliphatic heterocycles. The predicted octanol–water partition coefficient (Wildman–Crippen LogP) is 1.82. The average Bonchev–Trinajstić information content (AvgIpc) is 3.00. The van der Waals surface area contributed by atoms with Crippen molar-refractivity contribution in [2.24, 2.45) is 0 Å². The van der Waals surface area contributed by atoms with Crippen LogP contribution in [0.15, 0.2) is 17.5 Å². The largest absolute Gasteiger partial charge is 0.383 e. The molecule has 1 amide bonds. The van der Waals surface area contributed by atoms with E-state index in [1.807, 2.05) is 24.4 Å². The van der Waals surface area contributed by atoms with Crippen molar-refractivity contribution >= 4 is 29.5 Å². The number of methoxy groups -OCH3 is 1. The molecule has 2 heterocycles. The van der Waals surface area contributed by atoms with Gasteiger partial charge in [0.1, 0.15) is 6.54 Å². The fourth-order valence-electron chi connectivity index (χ4n) is 1.81. The van der Waals surface area contributed by atoms with E-state index in [9.17, 15) is 4.79 Å². The molecule has 0 saturated carbocycles. The molecule has 0 aliphatic rings. The maximum atomic E-state index is 12.0. The maximum absolute atomic E-state index is 12.0. The molecular formula is C12H16N4O2S2. The lowest BCUT2D eigenvalue weighted by Crippen LogP contribution is -2.37. The van der Waals surface area contributed by atoms with E-state index in [1.54, 1.807) is 23.0 Å². The third kappa shape index (κ3) is 3.53. The summed E-state index contributed by atoms with van der Waals surface area (Å²) in [6.07, 6.45) is 0. The predicted molar refractivity (Wildman–Crippen MR) is 80.2 cm³/mol. The van der Waals surface area contributed by atoms with Crippen molar-refractivity contribution in [1.29, 1.82) is 0 Å². The molecule has 2 aromatic rings. The molecule has 108 valence electrons. The third-order valence-corrected chi connectivity index (χ3v) is 3.80. The van der Waals surface area contributed by atoms with Gasteiger partial charge in [0.15, 0.2) is 10.6 Å². The van der Waals surface area contributed by atoms with E-state index in [1.165, 1.54) is 0 Å². The SMILES string of the molecule is COCC(C)NC(=O)Cn1c(-c2cccs2)n[nH]c1=S. The van der Waals surface area contributed by atoms with E-state index >= 15 is 0 Å². The summed E-state index contributed by atoms with van der Waals surface area (Å²) in [4.78, 5) is 13.0. The molecule has 6 nitrogen and oxygen atoms in total. The van der Waals surface area contributed by atoms with Crippen LogP contribution in [-0.4, -0.2) is 40.4 Å². The zero-order valence-corrected chi connectivity index (χ0v) is 12.9. The first-order valence-electron chi connectivity index (χ1n) is 6.09. The summed E-state index contributed by atoms with van der Waals surface area (Å²) in [5.41, 5.74) is 0. The van der Waals surface area contributed by atoms with Crippen molar-refractivity contribution in [3.05, 3.63) is 22.3 Å². The maximum Gasteiger partial charge on any atom is 0.240 e. The quantitative estimate of drug-likeness (QED) is 0.798. The highest BCUT2D eigenvalue weighted by molar-refractivity contribution is 7.71. The molecule has 1 atom stereocenters. The molecule has 0 aliphatic carbocycles. The number of nitrogens with zero attached hydrogens (tertiary/aromatic N) is 2. The second-order valence-corrected chi connectivity index (χ2v) is 5.67. The number of thiophene rings is 1. The van der Waals surface area contributed by atoms with E-state index < -0.39 is 0 Å². The fourth-order valence-corrected chi connectivity index (χ4v) is 2.73. The van der Waals surface area contributed by atoms with Gasteiger partial charge in [-0.25, -0.2) is 0 Å². The van der Waals surface area contributed by atoms with Crippen LogP contribution in [0.1, 0.15) is 6.92 Å². The molecule has 2 rings (SSSR count). The first-order chi connectivity index (χ1) is 9.61. The number of amides is 1. The minimum atomic E-state index is -0.121. The van der Waals surface area contributed by atoms with Crippen molar-refractivity contribution in [2.45, 2.75) is 19.5 Å². The van der Waals surface area contributed by atoms with Crippen molar-refractivity contribution in [3.63, 3.8) is 0 Å². The number of hydrogen-bond donors (Lipinski definition) is 2. The molecule has 0 bridgehead atoms. The van der Waals surface area contributed by atoms with Gasteiger partial charge in [0.2, 0.25) is 5.91 Å². The second kappa shape index (κ2) is 6.78. The lowest BCUT2D eigenvalue weighted by Gasteiger charge is -2.13. The van der Waals surface area contributed by atoms with Gasteiger partial charge in [-0.3, -0.25) is 14.5 Å². The van der Waals surface area contributed by atoms with Crippen LogP contribution in [0.3, 0.4) is 0 Å². The molecule has 0 aromatic carbocycles. The summed E-state index contributed by atoms with van der Waals surface area (Å²) in [7, 11) is 1.60. The van der Waals surface area contributed by atoms with Crippen LogP contribution in [0.2, 0.25) is 0 Å². The van der Waals surface area contributed by atoms with E-state index in [4.69, 9.17) is 17.0 Å². The zero-order valence-electron chi connectivity index (χ0n) is 11.3. The molecule has 0 spiro atoms. The van der Waals surface area contributed by atoms with Gasteiger partial charge < -0.3 is 10.1 Å². The number of aromatic nitrogens is 3. The lowest BCUT2D eigenvalue weighted by molar-refractivity contribution is -0.122. The lowest BCUT2D eigenvalue weighted by atomic mass is 10.3. The Morgan fingerprint density at radius 2 is 2.50 bits per heavy atom. The van der Waals surface area contributed by atoms with Crippen molar-refractivity contribution in [1.82, 2.24) is 20.1 Å². The number of aromatic amines is 1. The number of ether oxygens (including phenoxy) is 1. The molecule has 8 heteroatoms. The summed E-state index contributed by atoms with van der Waals surface area (Å²) < 4.78 is 7.11. The van der Waals surface area contributed by atoms with Gasteiger partial charge in [0.25, 0.3) is 0 Å². The number of nitrogens with one attached hydrogen (secondary N) is 2. The summed E-state index contributed by atoms with van der Waals surface area (Å²) in [5, 5.41) is 11.7. The Labute approximate surface area is 125 Å². The first kappa shape index (κ1) is 14.9. The van der Waals surface area contributed by atoms with Crippen LogP contribution in [0.25, 0.3) is 10.7 Å². The second-order valence-electron chi connectivity index (χ2n) is 4.34. The molecular weight excluding hydrogens is 296 g/mol. The molecule has 20 heavy (non-hydrogen) atoms. The van der Waals surface area contributed by atoms with Crippen LogP contribution < -0.4 is 5.32 Å². The Morgan fingerprint density at radius 1 is 1.70 bits per heavy atom. The van der Waals surface area contributed by atoms with Gasteiger partial charge in [-0.1, -0.05) is 6.07 Å². The van der Waals surface area contributed by atoms with Crippen LogP contribution in [0.5, 0.6) is 0 Å². The van der Waals surface area contributed by atoms with Gasteiger partial charge in [-0.2, -0.15) is 5.10 Å². The number of carbonyl (C=O) groups is 1. The fraction of sp³-hybridized carbons (Fsp3) is 0.417. The Balaban J connectivity index is 2.12. The van der Waals surface area contributed by atoms with Crippen molar-refractivity contribution in [2.75, 3.05) is 13.7 Å². The molecule has 2 N–H and O–H groups in total. The third-order valence-electron chi connectivity index (χ3n) is 2.63. The number of carbonyl (C=O) groups excluding carboxylic acids is 1. The normalized spacial score (nSPS) is 12.3. The molecule has 1 unspecified atom stereocenters. The van der Waals surface area contributed by atoms with E-state index in [2.05, 4.69) is 15.5 Å². The Hall–Kier alpha value is -1.51. The van der Waals surface area contributed by atoms with Gasteiger partial charge in [0.05, 0.1) is 11.5 Å². The Kier molecular flexibility index (Phi) is 5.05. The summed E-state index contributed by atoms with van der Waals surface area (Å²) in [5.74, 6) is 0.560. The van der Waals surface area contributed by atoms with Crippen LogP contribution in [0.4, 0.5) is 0 Å². The summed E-state index contributed by atoms with van der Waals surface area (Å²) >= 11 is 6.73. The van der Waals surface area contributed by atoms with Gasteiger partial charge in [0, 0.05) is 13.2 Å².